The lowest BCUT2D eigenvalue weighted by Crippen LogP contribution is -2.27. The van der Waals surface area contributed by atoms with Gasteiger partial charge in [0.15, 0.2) is 0 Å². The first-order valence-electron chi connectivity index (χ1n) is 8.70. The van der Waals surface area contributed by atoms with Crippen molar-refractivity contribution in [1.82, 2.24) is 4.72 Å². The third-order valence-corrected chi connectivity index (χ3v) is 6.03. The van der Waals surface area contributed by atoms with Crippen LogP contribution in [0.15, 0.2) is 77.7 Å². The first-order chi connectivity index (χ1) is 13.8. The Bertz CT molecular complexity index is 1120. The summed E-state index contributed by atoms with van der Waals surface area (Å²) in [5.41, 5.74) is 0.951. The molecule has 150 valence electrons. The lowest BCUT2D eigenvalue weighted by molar-refractivity contribution is 0.102. The van der Waals surface area contributed by atoms with Crippen molar-refractivity contribution in [2.45, 2.75) is 17.9 Å². The molecule has 8 heteroatoms. The minimum Gasteiger partial charge on any atom is -0.319 e. The van der Waals surface area contributed by atoms with E-state index in [1.165, 1.54) is 24.3 Å². The van der Waals surface area contributed by atoms with Gasteiger partial charge in [-0.15, -0.1) is 0 Å². The van der Waals surface area contributed by atoms with E-state index in [-0.39, 0.29) is 10.6 Å². The van der Waals surface area contributed by atoms with Crippen LogP contribution in [0.2, 0.25) is 5.02 Å². The van der Waals surface area contributed by atoms with Gasteiger partial charge in [-0.1, -0.05) is 41.9 Å². The molecular weight excluding hydrogens is 415 g/mol. The number of benzene rings is 3. The van der Waals surface area contributed by atoms with Crippen LogP contribution in [-0.4, -0.2) is 14.3 Å². The minimum absolute atomic E-state index is 0.125. The van der Waals surface area contributed by atoms with Gasteiger partial charge in [0.2, 0.25) is 10.0 Å². The molecule has 1 atom stereocenters. The second-order valence-corrected chi connectivity index (χ2v) is 8.51. The van der Waals surface area contributed by atoms with E-state index in [0.29, 0.717) is 10.6 Å². The van der Waals surface area contributed by atoms with E-state index in [9.17, 15) is 17.6 Å². The second-order valence-electron chi connectivity index (χ2n) is 6.36. The maximum atomic E-state index is 14.5. The number of hydrogen-bond donors (Lipinski definition) is 2. The third-order valence-electron chi connectivity index (χ3n) is 4.24. The van der Waals surface area contributed by atoms with Gasteiger partial charge >= 0.3 is 0 Å². The lowest BCUT2D eigenvalue weighted by atomic mass is 10.1. The standard InChI is InChI=1S/C21H18ClFN2O3S/c1-14(15-5-3-2-4-6-15)25-29(27,28)18-11-12-20(19(23)13-18)24-21(26)16-7-9-17(22)10-8-16/h2-14,25H,1H3,(H,24,26). The van der Waals surface area contributed by atoms with Crippen LogP contribution in [0.1, 0.15) is 28.9 Å². The van der Waals surface area contributed by atoms with E-state index in [2.05, 4.69) is 10.0 Å². The molecule has 3 aromatic rings. The first kappa shape index (κ1) is 21.0. The van der Waals surface area contributed by atoms with Gasteiger partial charge in [-0.05, 0) is 55.0 Å². The average Bonchev–Trinajstić information content (AvgIpc) is 2.70. The van der Waals surface area contributed by atoms with Crippen molar-refractivity contribution in [1.29, 1.82) is 0 Å². The van der Waals surface area contributed by atoms with Gasteiger partial charge in [0.1, 0.15) is 5.82 Å². The molecule has 3 aromatic carbocycles. The summed E-state index contributed by atoms with van der Waals surface area (Å²) in [6, 6.07) is 18.0. The zero-order valence-corrected chi connectivity index (χ0v) is 17.0. The van der Waals surface area contributed by atoms with E-state index in [0.717, 1.165) is 11.6 Å². The normalized spacial score (nSPS) is 12.4. The van der Waals surface area contributed by atoms with E-state index >= 15 is 0 Å². The Balaban J connectivity index is 1.76. The number of amides is 1. The molecule has 0 radical (unpaired) electrons. The van der Waals surface area contributed by atoms with Gasteiger partial charge in [-0.2, -0.15) is 0 Å². The fourth-order valence-corrected chi connectivity index (χ4v) is 4.04. The molecule has 0 aliphatic rings. The van der Waals surface area contributed by atoms with Crippen molar-refractivity contribution in [2.24, 2.45) is 0 Å². The smallest absolute Gasteiger partial charge is 0.255 e. The molecule has 0 bridgehead atoms. The van der Waals surface area contributed by atoms with Crippen molar-refractivity contribution < 1.29 is 17.6 Å². The zero-order chi connectivity index (χ0) is 21.0. The van der Waals surface area contributed by atoms with E-state index in [1.807, 2.05) is 6.07 Å². The molecule has 0 aliphatic heterocycles. The quantitative estimate of drug-likeness (QED) is 0.589. The number of sulfonamides is 1. The highest BCUT2D eigenvalue weighted by atomic mass is 35.5. The van der Waals surface area contributed by atoms with Crippen LogP contribution < -0.4 is 10.0 Å². The molecule has 29 heavy (non-hydrogen) atoms. The number of anilines is 1. The van der Waals surface area contributed by atoms with Crippen LogP contribution in [0.4, 0.5) is 10.1 Å². The van der Waals surface area contributed by atoms with Gasteiger partial charge < -0.3 is 5.32 Å². The number of rotatable bonds is 6. The Morgan fingerprint density at radius 1 is 1.00 bits per heavy atom. The summed E-state index contributed by atoms with van der Waals surface area (Å²) < 4.78 is 42.1. The molecule has 0 aliphatic carbocycles. The molecule has 0 saturated heterocycles. The maximum absolute atomic E-state index is 14.5. The average molecular weight is 433 g/mol. The van der Waals surface area contributed by atoms with Crippen LogP contribution in [0.25, 0.3) is 0 Å². The molecule has 5 nitrogen and oxygen atoms in total. The Labute approximate surface area is 173 Å². The topological polar surface area (TPSA) is 75.3 Å². The third kappa shape index (κ3) is 5.20. The lowest BCUT2D eigenvalue weighted by Gasteiger charge is -2.15. The first-order valence-corrected chi connectivity index (χ1v) is 10.6. The van der Waals surface area contributed by atoms with Gasteiger partial charge in [0, 0.05) is 16.6 Å². The molecule has 0 aromatic heterocycles. The number of carbonyl (C=O) groups is 1. The number of nitrogens with one attached hydrogen (secondary N) is 2. The van der Waals surface area contributed by atoms with E-state index in [1.54, 1.807) is 43.3 Å². The summed E-state index contributed by atoms with van der Waals surface area (Å²) in [6.45, 7) is 1.70. The van der Waals surface area contributed by atoms with Crippen molar-refractivity contribution in [3.63, 3.8) is 0 Å². The van der Waals surface area contributed by atoms with Crippen LogP contribution in [-0.2, 0) is 10.0 Å². The van der Waals surface area contributed by atoms with Crippen molar-refractivity contribution >= 4 is 33.2 Å². The van der Waals surface area contributed by atoms with Crippen molar-refractivity contribution in [2.75, 3.05) is 5.32 Å². The number of hydrogen-bond acceptors (Lipinski definition) is 3. The predicted molar refractivity (Wildman–Crippen MR) is 111 cm³/mol. The molecule has 0 fully saturated rings. The van der Waals surface area contributed by atoms with Crippen LogP contribution in [0.3, 0.4) is 0 Å². The Morgan fingerprint density at radius 3 is 2.28 bits per heavy atom. The van der Waals surface area contributed by atoms with E-state index in [4.69, 9.17) is 11.6 Å². The summed E-state index contributed by atoms with van der Waals surface area (Å²) in [7, 11) is -3.95. The molecule has 0 heterocycles. The minimum atomic E-state index is -3.95. The Hall–Kier alpha value is -2.74. The summed E-state index contributed by atoms with van der Waals surface area (Å²) in [5.74, 6) is -1.39. The van der Waals surface area contributed by atoms with Crippen molar-refractivity contribution in [3.05, 3.63) is 94.8 Å². The molecular formula is C21H18ClFN2O3S. The van der Waals surface area contributed by atoms with Gasteiger partial charge in [-0.3, -0.25) is 4.79 Å². The van der Waals surface area contributed by atoms with E-state index < -0.39 is 27.8 Å². The Morgan fingerprint density at radius 2 is 1.66 bits per heavy atom. The molecule has 1 amide bonds. The second kappa shape index (κ2) is 8.73. The Kier molecular flexibility index (Phi) is 6.32. The molecule has 2 N–H and O–H groups in total. The highest BCUT2D eigenvalue weighted by molar-refractivity contribution is 7.89. The monoisotopic (exact) mass is 432 g/mol. The number of carbonyl (C=O) groups excluding carboxylic acids is 1. The maximum Gasteiger partial charge on any atom is 0.255 e. The summed E-state index contributed by atoms with van der Waals surface area (Å²) >= 11 is 5.78. The van der Waals surface area contributed by atoms with Crippen LogP contribution in [0.5, 0.6) is 0 Å². The summed E-state index contributed by atoms with van der Waals surface area (Å²) in [6.07, 6.45) is 0. The predicted octanol–water partition coefficient (Wildman–Crippen LogP) is 4.77. The molecule has 1 unspecified atom stereocenters. The zero-order valence-electron chi connectivity index (χ0n) is 15.4. The summed E-state index contributed by atoms with van der Waals surface area (Å²) in [5, 5.41) is 2.89. The highest BCUT2D eigenvalue weighted by Crippen LogP contribution is 2.22. The SMILES string of the molecule is CC(NS(=O)(=O)c1ccc(NC(=O)c2ccc(Cl)cc2)c(F)c1)c1ccccc1. The molecule has 0 spiro atoms. The van der Waals surface area contributed by atoms with Gasteiger partial charge in [0.25, 0.3) is 5.91 Å². The summed E-state index contributed by atoms with van der Waals surface area (Å²) in [4.78, 5) is 12.0. The molecule has 3 rings (SSSR count). The molecule has 0 saturated carbocycles. The van der Waals surface area contributed by atoms with Crippen LogP contribution >= 0.6 is 11.6 Å². The largest absolute Gasteiger partial charge is 0.319 e. The highest BCUT2D eigenvalue weighted by Gasteiger charge is 2.20. The fraction of sp³-hybridized carbons (Fsp3) is 0.0952. The van der Waals surface area contributed by atoms with Crippen molar-refractivity contribution in [3.8, 4) is 0 Å². The van der Waals surface area contributed by atoms with Gasteiger partial charge in [-0.25, -0.2) is 17.5 Å². The van der Waals surface area contributed by atoms with Crippen LogP contribution in [0, 0.1) is 5.82 Å². The number of halogens is 2. The van der Waals surface area contributed by atoms with Gasteiger partial charge in [0.05, 0.1) is 10.6 Å². The fourth-order valence-electron chi connectivity index (χ4n) is 2.67.